The summed E-state index contributed by atoms with van der Waals surface area (Å²) in [6.07, 6.45) is 2.44. The third kappa shape index (κ3) is 3.59. The van der Waals surface area contributed by atoms with Crippen molar-refractivity contribution in [2.24, 2.45) is 17.9 Å². The summed E-state index contributed by atoms with van der Waals surface area (Å²) < 4.78 is 1.78. The molecule has 0 atom stereocenters. The molecule has 21 heavy (non-hydrogen) atoms. The summed E-state index contributed by atoms with van der Waals surface area (Å²) in [4.78, 5) is 12.0. The molecular formula is C14H17N5O2. The Bertz CT molecular complexity index is 646. The van der Waals surface area contributed by atoms with Crippen molar-refractivity contribution in [3.63, 3.8) is 0 Å². The van der Waals surface area contributed by atoms with E-state index in [4.69, 9.17) is 10.9 Å². The Kier molecular flexibility index (Phi) is 4.55. The van der Waals surface area contributed by atoms with E-state index >= 15 is 0 Å². The highest BCUT2D eigenvalue weighted by Gasteiger charge is 2.07. The lowest BCUT2D eigenvalue weighted by Crippen LogP contribution is -2.26. The van der Waals surface area contributed by atoms with Gasteiger partial charge >= 0.3 is 0 Å². The van der Waals surface area contributed by atoms with Crippen molar-refractivity contribution in [2.75, 3.05) is 6.54 Å². The SMILES string of the molecule is Cn1nccc1CCNC(=O)c1ccc(/C(N)=N/O)cc1. The monoisotopic (exact) mass is 287 g/mol. The highest BCUT2D eigenvalue weighted by molar-refractivity contribution is 5.99. The van der Waals surface area contributed by atoms with Crippen LogP contribution < -0.4 is 11.1 Å². The summed E-state index contributed by atoms with van der Waals surface area (Å²) in [5.41, 5.74) is 7.60. The molecule has 2 rings (SSSR count). The maximum absolute atomic E-state index is 12.0. The molecule has 7 nitrogen and oxygen atoms in total. The summed E-state index contributed by atoms with van der Waals surface area (Å²) in [5.74, 6) is -0.151. The Morgan fingerprint density at radius 3 is 2.57 bits per heavy atom. The predicted octanol–water partition coefficient (Wildman–Crippen LogP) is 0.487. The first-order valence-corrected chi connectivity index (χ1v) is 6.45. The minimum atomic E-state index is -0.164. The second-order valence-corrected chi connectivity index (χ2v) is 4.51. The molecule has 0 aliphatic rings. The summed E-state index contributed by atoms with van der Waals surface area (Å²) in [6, 6.07) is 8.44. The smallest absolute Gasteiger partial charge is 0.251 e. The third-order valence-corrected chi connectivity index (χ3v) is 3.14. The molecular weight excluding hydrogens is 270 g/mol. The largest absolute Gasteiger partial charge is 0.409 e. The second kappa shape index (κ2) is 6.56. The lowest BCUT2D eigenvalue weighted by molar-refractivity contribution is 0.0954. The van der Waals surface area contributed by atoms with Gasteiger partial charge in [0.25, 0.3) is 5.91 Å². The number of amides is 1. The van der Waals surface area contributed by atoms with Crippen molar-refractivity contribution in [1.82, 2.24) is 15.1 Å². The minimum Gasteiger partial charge on any atom is -0.409 e. The van der Waals surface area contributed by atoms with E-state index in [2.05, 4.69) is 15.6 Å². The van der Waals surface area contributed by atoms with Crippen molar-refractivity contribution in [3.05, 3.63) is 53.3 Å². The first-order chi connectivity index (χ1) is 10.1. The molecule has 0 saturated heterocycles. The van der Waals surface area contributed by atoms with Gasteiger partial charge in [0.05, 0.1) is 0 Å². The number of benzene rings is 1. The van der Waals surface area contributed by atoms with E-state index < -0.39 is 0 Å². The fourth-order valence-electron chi connectivity index (χ4n) is 1.90. The Morgan fingerprint density at radius 1 is 1.33 bits per heavy atom. The number of carbonyl (C=O) groups is 1. The molecule has 1 amide bonds. The van der Waals surface area contributed by atoms with E-state index in [-0.39, 0.29) is 11.7 Å². The van der Waals surface area contributed by atoms with Crippen molar-refractivity contribution in [3.8, 4) is 0 Å². The average molecular weight is 287 g/mol. The minimum absolute atomic E-state index is 0.0122. The van der Waals surface area contributed by atoms with Gasteiger partial charge in [-0.2, -0.15) is 5.10 Å². The molecule has 1 aromatic carbocycles. The third-order valence-electron chi connectivity index (χ3n) is 3.14. The standard InChI is InChI=1S/C14H17N5O2/c1-19-12(7-9-17-19)6-8-16-14(20)11-4-2-10(3-5-11)13(15)18-21/h2-5,7,9,21H,6,8H2,1H3,(H2,15,18)(H,16,20). The van der Waals surface area contributed by atoms with Crippen LogP contribution in [0.4, 0.5) is 0 Å². The quantitative estimate of drug-likeness (QED) is 0.322. The molecule has 4 N–H and O–H groups in total. The van der Waals surface area contributed by atoms with Crippen molar-refractivity contribution < 1.29 is 10.0 Å². The average Bonchev–Trinajstić information content (AvgIpc) is 2.92. The molecule has 0 saturated carbocycles. The van der Waals surface area contributed by atoms with Crippen molar-refractivity contribution in [2.45, 2.75) is 6.42 Å². The number of oxime groups is 1. The fourth-order valence-corrected chi connectivity index (χ4v) is 1.90. The first-order valence-electron chi connectivity index (χ1n) is 6.45. The summed E-state index contributed by atoms with van der Waals surface area (Å²) in [6.45, 7) is 0.528. The number of aryl methyl sites for hydroxylation is 1. The van der Waals surface area contributed by atoms with E-state index in [0.717, 1.165) is 5.69 Å². The molecule has 1 heterocycles. The highest BCUT2D eigenvalue weighted by Crippen LogP contribution is 2.04. The Labute approximate surface area is 122 Å². The van der Waals surface area contributed by atoms with Crippen molar-refractivity contribution >= 4 is 11.7 Å². The Balaban J connectivity index is 1.90. The van der Waals surface area contributed by atoms with Crippen molar-refractivity contribution in [1.29, 1.82) is 0 Å². The summed E-state index contributed by atoms with van der Waals surface area (Å²) >= 11 is 0. The topological polar surface area (TPSA) is 106 Å². The molecule has 7 heteroatoms. The molecule has 0 aliphatic carbocycles. The van der Waals surface area contributed by atoms with Crippen LogP contribution in [0.15, 0.2) is 41.7 Å². The normalized spacial score (nSPS) is 11.4. The van der Waals surface area contributed by atoms with Gasteiger partial charge < -0.3 is 16.3 Å². The molecule has 2 aromatic rings. The number of nitrogens with zero attached hydrogens (tertiary/aromatic N) is 3. The molecule has 0 radical (unpaired) electrons. The van der Waals surface area contributed by atoms with Gasteiger partial charge in [-0.05, 0) is 18.2 Å². The highest BCUT2D eigenvalue weighted by atomic mass is 16.4. The van der Waals surface area contributed by atoms with E-state index in [1.54, 1.807) is 35.1 Å². The number of nitrogens with one attached hydrogen (secondary N) is 1. The van der Waals surface area contributed by atoms with Crippen LogP contribution in [0.1, 0.15) is 21.6 Å². The molecule has 1 aromatic heterocycles. The number of hydrogen-bond acceptors (Lipinski definition) is 4. The zero-order valence-electron chi connectivity index (χ0n) is 11.7. The van der Waals surface area contributed by atoms with Gasteiger partial charge in [0.2, 0.25) is 0 Å². The lowest BCUT2D eigenvalue weighted by Gasteiger charge is -2.06. The maximum Gasteiger partial charge on any atom is 0.251 e. The molecule has 0 spiro atoms. The van der Waals surface area contributed by atoms with Crippen LogP contribution >= 0.6 is 0 Å². The van der Waals surface area contributed by atoms with Gasteiger partial charge in [0, 0.05) is 43.0 Å². The number of nitrogens with two attached hydrogens (primary N) is 1. The van der Waals surface area contributed by atoms with Gasteiger partial charge in [-0.3, -0.25) is 9.48 Å². The number of amidine groups is 1. The van der Waals surface area contributed by atoms with Crippen LogP contribution in [0.25, 0.3) is 0 Å². The van der Waals surface area contributed by atoms with Gasteiger partial charge in [0.1, 0.15) is 0 Å². The van der Waals surface area contributed by atoms with Gasteiger partial charge in [0.15, 0.2) is 5.84 Å². The number of rotatable bonds is 5. The van der Waals surface area contributed by atoms with Crippen LogP contribution in [0, 0.1) is 0 Å². The van der Waals surface area contributed by atoms with Crippen LogP contribution in [0.5, 0.6) is 0 Å². The van der Waals surface area contributed by atoms with E-state index in [0.29, 0.717) is 24.1 Å². The van der Waals surface area contributed by atoms with Crippen LogP contribution in [-0.4, -0.2) is 33.3 Å². The second-order valence-electron chi connectivity index (χ2n) is 4.51. The maximum atomic E-state index is 12.0. The van der Waals surface area contributed by atoms with Crippen LogP contribution in [0.2, 0.25) is 0 Å². The fraction of sp³-hybridized carbons (Fsp3) is 0.214. The zero-order valence-corrected chi connectivity index (χ0v) is 11.7. The zero-order chi connectivity index (χ0) is 15.2. The predicted molar refractivity (Wildman–Crippen MR) is 78.2 cm³/mol. The molecule has 0 bridgehead atoms. The van der Waals surface area contributed by atoms with Crippen LogP contribution in [0.3, 0.4) is 0 Å². The number of hydrogen-bond donors (Lipinski definition) is 3. The number of carbonyl (C=O) groups excluding carboxylic acids is 1. The summed E-state index contributed by atoms with van der Waals surface area (Å²) in [7, 11) is 1.86. The molecule has 110 valence electrons. The van der Waals surface area contributed by atoms with E-state index in [1.165, 1.54) is 0 Å². The number of aromatic nitrogens is 2. The first kappa shape index (κ1) is 14.6. The molecule has 0 unspecified atom stereocenters. The lowest BCUT2D eigenvalue weighted by atomic mass is 10.1. The van der Waals surface area contributed by atoms with Gasteiger partial charge in [-0.15, -0.1) is 0 Å². The Morgan fingerprint density at radius 2 is 2.00 bits per heavy atom. The van der Waals surface area contributed by atoms with Crippen LogP contribution in [-0.2, 0) is 13.5 Å². The van der Waals surface area contributed by atoms with Gasteiger partial charge in [-0.25, -0.2) is 0 Å². The Hall–Kier alpha value is -2.83. The van der Waals surface area contributed by atoms with E-state index in [1.807, 2.05) is 13.1 Å². The van der Waals surface area contributed by atoms with E-state index in [9.17, 15) is 4.79 Å². The molecule has 0 fully saturated rings. The molecule has 0 aliphatic heterocycles. The van der Waals surface area contributed by atoms with Gasteiger partial charge in [-0.1, -0.05) is 17.3 Å². The summed E-state index contributed by atoms with van der Waals surface area (Å²) in [5, 5.41) is 18.4.